The highest BCUT2D eigenvalue weighted by Crippen LogP contribution is 2.35. The van der Waals surface area contributed by atoms with Crippen molar-refractivity contribution < 1.29 is 0 Å². The van der Waals surface area contributed by atoms with E-state index in [1.165, 1.54) is 31.4 Å². The maximum Gasteiger partial charge on any atom is 0.0404 e. The van der Waals surface area contributed by atoms with Crippen molar-refractivity contribution in [3.05, 3.63) is 30.1 Å². The molecule has 1 aromatic heterocycles. The molecule has 0 aromatic carbocycles. The number of hydrogen-bond donors (Lipinski definition) is 1. The standard InChI is InChI=1S/C17H28N2/c1-13-7-8-15(12-14(13)2)17(18-3)10-9-16-6-4-5-11-19-16/h4-6,11,13-15,17-18H,7-10,12H2,1-3H3. The summed E-state index contributed by atoms with van der Waals surface area (Å²) in [5, 5.41) is 3.55. The van der Waals surface area contributed by atoms with Gasteiger partial charge in [0.1, 0.15) is 0 Å². The Morgan fingerprint density at radius 1 is 1.26 bits per heavy atom. The van der Waals surface area contributed by atoms with Crippen molar-refractivity contribution in [2.45, 2.75) is 52.0 Å². The van der Waals surface area contributed by atoms with E-state index < -0.39 is 0 Å². The Labute approximate surface area is 118 Å². The van der Waals surface area contributed by atoms with Gasteiger partial charge in [-0.1, -0.05) is 26.3 Å². The SMILES string of the molecule is CNC(CCc1ccccn1)C1CCC(C)C(C)C1. The molecule has 1 aliphatic rings. The maximum atomic E-state index is 4.43. The number of rotatable bonds is 5. The van der Waals surface area contributed by atoms with Crippen LogP contribution in [0.15, 0.2) is 24.4 Å². The molecule has 1 heterocycles. The second kappa shape index (κ2) is 7.04. The predicted molar refractivity (Wildman–Crippen MR) is 81.1 cm³/mol. The molecule has 2 nitrogen and oxygen atoms in total. The van der Waals surface area contributed by atoms with Gasteiger partial charge in [-0.15, -0.1) is 0 Å². The second-order valence-corrected chi connectivity index (χ2v) is 6.28. The molecule has 1 fully saturated rings. The van der Waals surface area contributed by atoms with Crippen LogP contribution in [0.4, 0.5) is 0 Å². The zero-order valence-corrected chi connectivity index (χ0v) is 12.6. The maximum absolute atomic E-state index is 4.43. The van der Waals surface area contributed by atoms with E-state index in [1.807, 2.05) is 12.3 Å². The first-order chi connectivity index (χ1) is 9.20. The van der Waals surface area contributed by atoms with Gasteiger partial charge in [0.25, 0.3) is 0 Å². The lowest BCUT2D eigenvalue weighted by Gasteiger charge is -2.36. The fourth-order valence-electron chi connectivity index (χ4n) is 3.42. The largest absolute Gasteiger partial charge is 0.317 e. The van der Waals surface area contributed by atoms with Crippen LogP contribution < -0.4 is 5.32 Å². The normalized spacial score (nSPS) is 29.1. The Balaban J connectivity index is 1.86. The number of nitrogens with one attached hydrogen (secondary N) is 1. The molecule has 0 amide bonds. The van der Waals surface area contributed by atoms with Gasteiger partial charge < -0.3 is 5.32 Å². The van der Waals surface area contributed by atoms with E-state index in [0.717, 1.165) is 24.2 Å². The molecule has 1 aliphatic carbocycles. The molecule has 1 saturated carbocycles. The Kier molecular flexibility index (Phi) is 5.38. The van der Waals surface area contributed by atoms with Crippen molar-refractivity contribution in [3.8, 4) is 0 Å². The van der Waals surface area contributed by atoms with Crippen LogP contribution in [0, 0.1) is 17.8 Å². The number of hydrogen-bond acceptors (Lipinski definition) is 2. The summed E-state index contributed by atoms with van der Waals surface area (Å²) >= 11 is 0. The molecular formula is C17H28N2. The highest BCUT2D eigenvalue weighted by Gasteiger charge is 2.29. The Morgan fingerprint density at radius 2 is 2.11 bits per heavy atom. The van der Waals surface area contributed by atoms with E-state index in [2.05, 4.69) is 43.3 Å². The highest BCUT2D eigenvalue weighted by atomic mass is 14.9. The van der Waals surface area contributed by atoms with Gasteiger partial charge in [-0.3, -0.25) is 4.98 Å². The van der Waals surface area contributed by atoms with Crippen molar-refractivity contribution in [3.63, 3.8) is 0 Å². The molecule has 2 heteroatoms. The monoisotopic (exact) mass is 260 g/mol. The topological polar surface area (TPSA) is 24.9 Å². The first kappa shape index (κ1) is 14.5. The van der Waals surface area contributed by atoms with Crippen molar-refractivity contribution >= 4 is 0 Å². The Morgan fingerprint density at radius 3 is 2.74 bits per heavy atom. The molecule has 19 heavy (non-hydrogen) atoms. The second-order valence-electron chi connectivity index (χ2n) is 6.28. The molecule has 0 radical (unpaired) electrons. The van der Waals surface area contributed by atoms with Crippen LogP contribution in [0.25, 0.3) is 0 Å². The summed E-state index contributed by atoms with van der Waals surface area (Å²) in [6, 6.07) is 6.86. The molecule has 1 aromatic rings. The third kappa shape index (κ3) is 4.04. The smallest absolute Gasteiger partial charge is 0.0404 e. The first-order valence-electron chi connectivity index (χ1n) is 7.78. The molecular weight excluding hydrogens is 232 g/mol. The van der Waals surface area contributed by atoms with Gasteiger partial charge in [-0.05, 0) is 62.6 Å². The molecule has 4 atom stereocenters. The Hall–Kier alpha value is -0.890. The summed E-state index contributed by atoms with van der Waals surface area (Å²) in [5.74, 6) is 2.63. The van der Waals surface area contributed by atoms with Crippen molar-refractivity contribution in [2.75, 3.05) is 7.05 Å². The minimum Gasteiger partial charge on any atom is -0.317 e. The zero-order chi connectivity index (χ0) is 13.7. The van der Waals surface area contributed by atoms with E-state index in [0.29, 0.717) is 6.04 Å². The molecule has 1 N–H and O–H groups in total. The molecule has 0 bridgehead atoms. The number of aromatic nitrogens is 1. The van der Waals surface area contributed by atoms with Gasteiger partial charge in [0.05, 0.1) is 0 Å². The van der Waals surface area contributed by atoms with E-state index in [-0.39, 0.29) is 0 Å². The fraction of sp³-hybridized carbons (Fsp3) is 0.706. The predicted octanol–water partition coefficient (Wildman–Crippen LogP) is 3.67. The summed E-state index contributed by atoms with van der Waals surface area (Å²) < 4.78 is 0. The molecule has 0 aliphatic heterocycles. The van der Waals surface area contributed by atoms with Crippen molar-refractivity contribution in [2.24, 2.45) is 17.8 Å². The molecule has 106 valence electrons. The van der Waals surface area contributed by atoms with Crippen LogP contribution in [0.5, 0.6) is 0 Å². The summed E-state index contributed by atoms with van der Waals surface area (Å²) in [6.45, 7) is 4.82. The summed E-state index contributed by atoms with van der Waals surface area (Å²) in [6.07, 6.45) is 8.36. The van der Waals surface area contributed by atoms with E-state index in [1.54, 1.807) is 0 Å². The average Bonchev–Trinajstić information content (AvgIpc) is 2.44. The minimum absolute atomic E-state index is 0.650. The lowest BCUT2D eigenvalue weighted by atomic mass is 9.72. The van der Waals surface area contributed by atoms with E-state index >= 15 is 0 Å². The van der Waals surface area contributed by atoms with Crippen LogP contribution in [-0.4, -0.2) is 18.1 Å². The number of aryl methyl sites for hydroxylation is 1. The Bertz CT molecular complexity index is 363. The van der Waals surface area contributed by atoms with Crippen LogP contribution >= 0.6 is 0 Å². The average molecular weight is 260 g/mol. The van der Waals surface area contributed by atoms with Crippen molar-refractivity contribution in [1.29, 1.82) is 0 Å². The van der Waals surface area contributed by atoms with Gasteiger partial charge in [0, 0.05) is 17.9 Å². The van der Waals surface area contributed by atoms with E-state index in [4.69, 9.17) is 0 Å². The molecule has 0 saturated heterocycles. The zero-order valence-electron chi connectivity index (χ0n) is 12.6. The van der Waals surface area contributed by atoms with Crippen LogP contribution in [-0.2, 0) is 6.42 Å². The van der Waals surface area contributed by atoms with Crippen LogP contribution in [0.1, 0.15) is 45.2 Å². The minimum atomic E-state index is 0.650. The lowest BCUT2D eigenvalue weighted by molar-refractivity contribution is 0.170. The van der Waals surface area contributed by atoms with Gasteiger partial charge >= 0.3 is 0 Å². The third-order valence-corrected chi connectivity index (χ3v) is 5.02. The van der Waals surface area contributed by atoms with Crippen LogP contribution in [0.3, 0.4) is 0 Å². The fourth-order valence-corrected chi connectivity index (χ4v) is 3.42. The lowest BCUT2D eigenvalue weighted by Crippen LogP contribution is -2.38. The molecule has 2 rings (SSSR count). The third-order valence-electron chi connectivity index (χ3n) is 5.02. The summed E-state index contributed by atoms with van der Waals surface area (Å²) in [7, 11) is 2.12. The van der Waals surface area contributed by atoms with Gasteiger partial charge in [0.2, 0.25) is 0 Å². The van der Waals surface area contributed by atoms with Gasteiger partial charge in [0.15, 0.2) is 0 Å². The van der Waals surface area contributed by atoms with Crippen molar-refractivity contribution in [1.82, 2.24) is 10.3 Å². The van der Waals surface area contributed by atoms with Crippen LogP contribution in [0.2, 0.25) is 0 Å². The quantitative estimate of drug-likeness (QED) is 0.873. The number of nitrogens with zero attached hydrogens (tertiary/aromatic N) is 1. The molecule has 4 unspecified atom stereocenters. The highest BCUT2D eigenvalue weighted by molar-refractivity contribution is 5.04. The van der Waals surface area contributed by atoms with E-state index in [9.17, 15) is 0 Å². The molecule has 0 spiro atoms. The van der Waals surface area contributed by atoms with Gasteiger partial charge in [-0.25, -0.2) is 0 Å². The number of pyridine rings is 1. The summed E-state index contributed by atoms with van der Waals surface area (Å²) in [5.41, 5.74) is 1.22. The van der Waals surface area contributed by atoms with Gasteiger partial charge in [-0.2, -0.15) is 0 Å². The first-order valence-corrected chi connectivity index (χ1v) is 7.78. The summed E-state index contributed by atoms with van der Waals surface area (Å²) in [4.78, 5) is 4.43.